The van der Waals surface area contributed by atoms with Crippen molar-refractivity contribution in [3.8, 4) is 0 Å². The summed E-state index contributed by atoms with van der Waals surface area (Å²) in [5.41, 5.74) is 6.41. The van der Waals surface area contributed by atoms with E-state index >= 15 is 0 Å². The lowest BCUT2D eigenvalue weighted by molar-refractivity contribution is -0.130. The monoisotopic (exact) mass is 249 g/mol. The van der Waals surface area contributed by atoms with Gasteiger partial charge in [-0.05, 0) is 25.0 Å². The number of carbonyl (C=O) groups excluding carboxylic acids is 1. The van der Waals surface area contributed by atoms with Crippen LogP contribution in [-0.4, -0.2) is 36.7 Å². The zero-order chi connectivity index (χ0) is 13.0. The van der Waals surface area contributed by atoms with Crippen LogP contribution in [0.3, 0.4) is 0 Å². The van der Waals surface area contributed by atoms with Gasteiger partial charge in [0.1, 0.15) is 0 Å². The maximum absolute atomic E-state index is 12.1. The van der Waals surface area contributed by atoms with Gasteiger partial charge >= 0.3 is 0 Å². The normalized spacial score (nSPS) is 27.1. The van der Waals surface area contributed by atoms with Crippen LogP contribution >= 0.6 is 0 Å². The molecule has 1 amide bonds. The Balaban J connectivity index is 1.82. The molecule has 0 aromatic carbocycles. The van der Waals surface area contributed by atoms with E-state index in [1.54, 1.807) is 12.4 Å². The van der Waals surface area contributed by atoms with E-state index in [4.69, 9.17) is 10.5 Å². The highest BCUT2D eigenvalue weighted by molar-refractivity contribution is 5.83. The summed E-state index contributed by atoms with van der Waals surface area (Å²) in [4.78, 5) is 16.1. The fourth-order valence-corrected chi connectivity index (χ4v) is 1.99. The molecule has 0 saturated carbocycles. The van der Waals surface area contributed by atoms with Crippen LogP contribution in [0.1, 0.15) is 12.5 Å². The maximum atomic E-state index is 12.1. The molecule has 1 aromatic heterocycles. The van der Waals surface area contributed by atoms with Crippen molar-refractivity contribution in [2.45, 2.75) is 19.4 Å². The lowest BCUT2D eigenvalue weighted by Gasteiger charge is -2.25. The number of carbonyl (C=O) groups is 1. The van der Waals surface area contributed by atoms with E-state index in [1.807, 2.05) is 19.1 Å². The molecule has 0 spiro atoms. The number of aromatic nitrogens is 1. The number of ether oxygens (including phenoxy) is 1. The topological polar surface area (TPSA) is 77.2 Å². The minimum absolute atomic E-state index is 0.0311. The van der Waals surface area contributed by atoms with Crippen molar-refractivity contribution >= 4 is 5.91 Å². The first-order chi connectivity index (χ1) is 8.63. The van der Waals surface area contributed by atoms with Crippen LogP contribution in [0.5, 0.6) is 0 Å². The average molecular weight is 249 g/mol. The van der Waals surface area contributed by atoms with Gasteiger partial charge in [0.25, 0.3) is 0 Å². The predicted octanol–water partition coefficient (Wildman–Crippen LogP) is 0.104. The highest BCUT2D eigenvalue weighted by Crippen LogP contribution is 2.26. The van der Waals surface area contributed by atoms with E-state index in [2.05, 4.69) is 10.3 Å². The first-order valence-electron chi connectivity index (χ1n) is 6.13. The number of pyridine rings is 1. The van der Waals surface area contributed by atoms with Crippen molar-refractivity contribution in [3.63, 3.8) is 0 Å². The first-order valence-corrected chi connectivity index (χ1v) is 6.13. The second kappa shape index (κ2) is 5.46. The number of nitrogens with one attached hydrogen (secondary N) is 1. The summed E-state index contributed by atoms with van der Waals surface area (Å²) in [5.74, 6) is -0.0311. The fourth-order valence-electron chi connectivity index (χ4n) is 1.99. The Hall–Kier alpha value is -1.46. The smallest absolute Gasteiger partial charge is 0.229 e. The number of hydrogen-bond donors (Lipinski definition) is 2. The molecule has 5 heteroatoms. The molecule has 2 atom stereocenters. The van der Waals surface area contributed by atoms with E-state index in [1.165, 1.54) is 0 Å². The van der Waals surface area contributed by atoms with Crippen LogP contribution < -0.4 is 11.1 Å². The van der Waals surface area contributed by atoms with E-state index in [-0.39, 0.29) is 11.9 Å². The van der Waals surface area contributed by atoms with E-state index in [0.29, 0.717) is 19.8 Å². The highest BCUT2D eigenvalue weighted by atomic mass is 16.5. The summed E-state index contributed by atoms with van der Waals surface area (Å²) in [6, 6.07) is 3.65. The number of rotatable bonds is 4. The van der Waals surface area contributed by atoms with Gasteiger partial charge in [0.15, 0.2) is 0 Å². The molecule has 5 nitrogen and oxygen atoms in total. The lowest BCUT2D eigenvalue weighted by atomic mass is 9.85. The van der Waals surface area contributed by atoms with Crippen LogP contribution in [0.25, 0.3) is 0 Å². The summed E-state index contributed by atoms with van der Waals surface area (Å²) < 4.78 is 5.26. The van der Waals surface area contributed by atoms with E-state index in [0.717, 1.165) is 12.0 Å². The van der Waals surface area contributed by atoms with Crippen molar-refractivity contribution in [3.05, 3.63) is 30.1 Å². The SMILES string of the molecule is CC1(C(=O)NCCc2cccnc2)COCC1N. The van der Waals surface area contributed by atoms with Gasteiger partial charge in [-0.2, -0.15) is 0 Å². The van der Waals surface area contributed by atoms with E-state index < -0.39 is 5.41 Å². The highest BCUT2D eigenvalue weighted by Gasteiger charge is 2.44. The minimum atomic E-state index is -0.602. The molecule has 0 radical (unpaired) electrons. The van der Waals surface area contributed by atoms with Crippen LogP contribution in [-0.2, 0) is 16.0 Å². The molecule has 0 aliphatic carbocycles. The van der Waals surface area contributed by atoms with Gasteiger partial charge in [-0.1, -0.05) is 6.07 Å². The molecule has 1 aliphatic heterocycles. The Morgan fingerprint density at radius 2 is 2.56 bits per heavy atom. The molecule has 1 aromatic rings. The van der Waals surface area contributed by atoms with Gasteiger partial charge in [0.2, 0.25) is 5.91 Å². The van der Waals surface area contributed by atoms with Crippen LogP contribution in [0, 0.1) is 5.41 Å². The molecule has 98 valence electrons. The lowest BCUT2D eigenvalue weighted by Crippen LogP contribution is -2.50. The van der Waals surface area contributed by atoms with Crippen molar-refractivity contribution < 1.29 is 9.53 Å². The second-order valence-corrected chi connectivity index (χ2v) is 4.91. The van der Waals surface area contributed by atoms with Crippen LogP contribution in [0.15, 0.2) is 24.5 Å². The van der Waals surface area contributed by atoms with Crippen molar-refractivity contribution in [1.82, 2.24) is 10.3 Å². The van der Waals surface area contributed by atoms with Gasteiger partial charge in [-0.3, -0.25) is 9.78 Å². The number of hydrogen-bond acceptors (Lipinski definition) is 4. The molecule has 2 unspecified atom stereocenters. The predicted molar refractivity (Wildman–Crippen MR) is 67.9 cm³/mol. The van der Waals surface area contributed by atoms with Crippen molar-refractivity contribution in [2.75, 3.05) is 19.8 Å². The molecule has 0 bridgehead atoms. The van der Waals surface area contributed by atoms with Gasteiger partial charge in [-0.25, -0.2) is 0 Å². The Morgan fingerprint density at radius 3 is 3.17 bits per heavy atom. The third-order valence-electron chi connectivity index (χ3n) is 3.46. The average Bonchev–Trinajstić information content (AvgIpc) is 2.72. The van der Waals surface area contributed by atoms with Crippen LogP contribution in [0.4, 0.5) is 0 Å². The molecule has 1 aliphatic rings. The zero-order valence-corrected chi connectivity index (χ0v) is 10.6. The number of amides is 1. The molecule has 2 rings (SSSR count). The standard InChI is InChI=1S/C13H19N3O2/c1-13(9-18-8-11(13)14)12(17)16-6-4-10-3-2-5-15-7-10/h2-3,5,7,11H,4,6,8-9,14H2,1H3,(H,16,17). The summed E-state index contributed by atoms with van der Waals surface area (Å²) in [6.07, 6.45) is 4.31. The third kappa shape index (κ3) is 2.68. The van der Waals surface area contributed by atoms with Crippen LogP contribution in [0.2, 0.25) is 0 Å². The molecule has 2 heterocycles. The number of nitrogens with two attached hydrogens (primary N) is 1. The number of nitrogens with zero attached hydrogens (tertiary/aromatic N) is 1. The quantitative estimate of drug-likeness (QED) is 0.793. The minimum Gasteiger partial charge on any atom is -0.379 e. The fraction of sp³-hybridized carbons (Fsp3) is 0.538. The van der Waals surface area contributed by atoms with E-state index in [9.17, 15) is 4.79 Å². The molecular formula is C13H19N3O2. The molecule has 18 heavy (non-hydrogen) atoms. The third-order valence-corrected chi connectivity index (χ3v) is 3.46. The van der Waals surface area contributed by atoms with Gasteiger partial charge in [-0.15, -0.1) is 0 Å². The molecule has 1 fully saturated rings. The second-order valence-electron chi connectivity index (χ2n) is 4.91. The van der Waals surface area contributed by atoms with Crippen molar-refractivity contribution in [1.29, 1.82) is 0 Å². The Labute approximate surface area is 107 Å². The Kier molecular flexibility index (Phi) is 3.93. The maximum Gasteiger partial charge on any atom is 0.229 e. The van der Waals surface area contributed by atoms with Gasteiger partial charge < -0.3 is 15.8 Å². The van der Waals surface area contributed by atoms with Gasteiger partial charge in [0, 0.05) is 25.0 Å². The largest absolute Gasteiger partial charge is 0.379 e. The summed E-state index contributed by atoms with van der Waals surface area (Å²) >= 11 is 0. The summed E-state index contributed by atoms with van der Waals surface area (Å²) in [6.45, 7) is 3.29. The van der Waals surface area contributed by atoms with Crippen molar-refractivity contribution in [2.24, 2.45) is 11.1 Å². The zero-order valence-electron chi connectivity index (χ0n) is 10.6. The van der Waals surface area contributed by atoms with Gasteiger partial charge in [0.05, 0.1) is 18.6 Å². The Bertz CT molecular complexity index is 410. The Morgan fingerprint density at radius 1 is 1.72 bits per heavy atom. The summed E-state index contributed by atoms with van der Waals surface area (Å²) in [7, 11) is 0. The summed E-state index contributed by atoms with van der Waals surface area (Å²) in [5, 5.41) is 2.92. The molecule has 3 N–H and O–H groups in total. The first kappa shape index (κ1) is 13.0. The molecule has 1 saturated heterocycles. The molecular weight excluding hydrogens is 230 g/mol.